The third kappa shape index (κ3) is 3.76. The van der Waals surface area contributed by atoms with Crippen LogP contribution in [-0.2, 0) is 9.84 Å². The summed E-state index contributed by atoms with van der Waals surface area (Å²) in [5.74, 6) is -0.798. The van der Waals surface area contributed by atoms with E-state index in [-0.39, 0.29) is 17.1 Å². The fourth-order valence-corrected chi connectivity index (χ4v) is 5.64. The van der Waals surface area contributed by atoms with Gasteiger partial charge in [-0.15, -0.1) is 0 Å². The Balaban J connectivity index is 1.54. The van der Waals surface area contributed by atoms with Gasteiger partial charge in [-0.2, -0.15) is 4.37 Å². The normalized spacial score (nSPS) is 18.1. The van der Waals surface area contributed by atoms with Gasteiger partial charge in [-0.05, 0) is 36.2 Å². The molecule has 2 N–H and O–H groups in total. The number of anilines is 1. The van der Waals surface area contributed by atoms with E-state index in [9.17, 15) is 18.0 Å². The van der Waals surface area contributed by atoms with Gasteiger partial charge in [0, 0.05) is 11.4 Å². The van der Waals surface area contributed by atoms with Gasteiger partial charge in [-0.3, -0.25) is 9.59 Å². The van der Waals surface area contributed by atoms with Crippen LogP contribution in [0.4, 0.5) is 5.69 Å². The number of rotatable bonds is 4. The Bertz CT molecular complexity index is 1170. The van der Waals surface area contributed by atoms with Gasteiger partial charge in [0.25, 0.3) is 11.8 Å². The number of hydrogen-bond acceptors (Lipinski definition) is 6. The van der Waals surface area contributed by atoms with Gasteiger partial charge in [0.2, 0.25) is 0 Å². The third-order valence-corrected chi connectivity index (χ3v) is 7.17. The summed E-state index contributed by atoms with van der Waals surface area (Å²) in [6, 6.07) is 13.6. The SMILES string of the molecule is O=C(N[C@H]1CCS(=O)(=O)C1)c1ccccc1NC(=O)c1nsc2ccccc12. The highest BCUT2D eigenvalue weighted by Gasteiger charge is 2.29. The van der Waals surface area contributed by atoms with Gasteiger partial charge in [0.05, 0.1) is 27.5 Å². The van der Waals surface area contributed by atoms with Crippen LogP contribution in [0.15, 0.2) is 48.5 Å². The van der Waals surface area contributed by atoms with Crippen LogP contribution >= 0.6 is 11.5 Å². The highest BCUT2D eigenvalue weighted by Crippen LogP contribution is 2.24. The van der Waals surface area contributed by atoms with Crippen LogP contribution < -0.4 is 10.6 Å². The van der Waals surface area contributed by atoms with Crippen molar-refractivity contribution in [1.82, 2.24) is 9.69 Å². The molecule has 2 heterocycles. The van der Waals surface area contributed by atoms with Gasteiger partial charge in [-0.25, -0.2) is 8.42 Å². The van der Waals surface area contributed by atoms with Crippen LogP contribution in [-0.4, -0.2) is 42.2 Å². The van der Waals surface area contributed by atoms with Gasteiger partial charge in [0.15, 0.2) is 9.84 Å². The molecule has 2 amide bonds. The summed E-state index contributed by atoms with van der Waals surface area (Å²) in [4.78, 5) is 25.4. The zero-order valence-electron chi connectivity index (χ0n) is 14.7. The molecular weight excluding hydrogens is 398 g/mol. The number of nitrogens with one attached hydrogen (secondary N) is 2. The van der Waals surface area contributed by atoms with Crippen LogP contribution in [0.1, 0.15) is 27.3 Å². The van der Waals surface area contributed by atoms with Crippen molar-refractivity contribution < 1.29 is 18.0 Å². The largest absolute Gasteiger partial charge is 0.348 e. The summed E-state index contributed by atoms with van der Waals surface area (Å²) in [6.45, 7) is 0. The van der Waals surface area contributed by atoms with Gasteiger partial charge >= 0.3 is 0 Å². The molecule has 144 valence electrons. The first-order chi connectivity index (χ1) is 13.4. The molecule has 0 spiro atoms. The molecule has 1 fully saturated rings. The highest BCUT2D eigenvalue weighted by molar-refractivity contribution is 7.91. The second-order valence-electron chi connectivity index (χ2n) is 6.60. The van der Waals surface area contributed by atoms with Gasteiger partial charge in [-0.1, -0.05) is 30.3 Å². The molecule has 9 heteroatoms. The number of sulfone groups is 1. The summed E-state index contributed by atoms with van der Waals surface area (Å²) in [5, 5.41) is 6.25. The van der Waals surface area contributed by atoms with E-state index >= 15 is 0 Å². The average molecular weight is 415 g/mol. The molecule has 1 saturated heterocycles. The number of aromatic nitrogens is 1. The number of carbonyl (C=O) groups excluding carboxylic acids is 2. The lowest BCUT2D eigenvalue weighted by atomic mass is 10.1. The summed E-state index contributed by atoms with van der Waals surface area (Å²) < 4.78 is 28.3. The smallest absolute Gasteiger partial charge is 0.276 e. The molecule has 1 aliphatic heterocycles. The van der Waals surface area contributed by atoms with Crippen LogP contribution in [0, 0.1) is 0 Å². The van der Waals surface area contributed by atoms with E-state index < -0.39 is 27.7 Å². The van der Waals surface area contributed by atoms with E-state index in [2.05, 4.69) is 15.0 Å². The molecule has 0 bridgehead atoms. The fraction of sp³-hybridized carbons (Fsp3) is 0.211. The number of amides is 2. The predicted molar refractivity (Wildman–Crippen MR) is 109 cm³/mol. The predicted octanol–water partition coefficient (Wildman–Crippen LogP) is 2.47. The van der Waals surface area contributed by atoms with Crippen LogP contribution in [0.25, 0.3) is 10.1 Å². The molecular formula is C19H17N3O4S2. The quantitative estimate of drug-likeness (QED) is 0.681. The minimum absolute atomic E-state index is 0.0575. The molecule has 0 radical (unpaired) electrons. The van der Waals surface area contributed by atoms with E-state index in [1.807, 2.05) is 24.3 Å². The minimum Gasteiger partial charge on any atom is -0.348 e. The molecule has 1 aliphatic rings. The van der Waals surface area contributed by atoms with Crippen LogP contribution in [0.3, 0.4) is 0 Å². The molecule has 0 saturated carbocycles. The van der Waals surface area contributed by atoms with Crippen molar-refractivity contribution in [2.45, 2.75) is 12.5 Å². The molecule has 1 aromatic heterocycles. The molecule has 0 aliphatic carbocycles. The van der Waals surface area contributed by atoms with Crippen molar-refractivity contribution in [3.05, 3.63) is 59.8 Å². The number of para-hydroxylation sites is 1. The van der Waals surface area contributed by atoms with Crippen molar-refractivity contribution in [2.75, 3.05) is 16.8 Å². The maximum atomic E-state index is 12.7. The topological polar surface area (TPSA) is 105 Å². The number of fused-ring (bicyclic) bond motifs is 1. The van der Waals surface area contributed by atoms with Gasteiger partial charge in [0.1, 0.15) is 5.69 Å². The van der Waals surface area contributed by atoms with E-state index in [1.165, 1.54) is 11.5 Å². The Morgan fingerprint density at radius 2 is 1.79 bits per heavy atom. The number of carbonyl (C=O) groups is 2. The van der Waals surface area contributed by atoms with Crippen molar-refractivity contribution in [1.29, 1.82) is 0 Å². The zero-order chi connectivity index (χ0) is 19.7. The number of nitrogens with zero attached hydrogens (tertiary/aromatic N) is 1. The molecule has 2 aromatic carbocycles. The van der Waals surface area contributed by atoms with Gasteiger partial charge < -0.3 is 10.6 Å². The first kappa shape index (κ1) is 18.6. The molecule has 4 rings (SSSR count). The fourth-order valence-electron chi connectivity index (χ4n) is 3.19. The Hall–Kier alpha value is -2.78. The molecule has 28 heavy (non-hydrogen) atoms. The van der Waals surface area contributed by atoms with E-state index in [1.54, 1.807) is 24.3 Å². The first-order valence-corrected chi connectivity index (χ1v) is 11.3. The maximum absolute atomic E-state index is 12.7. The lowest BCUT2D eigenvalue weighted by molar-refractivity contribution is 0.0942. The monoisotopic (exact) mass is 415 g/mol. The van der Waals surface area contributed by atoms with Crippen molar-refractivity contribution >= 4 is 49.0 Å². The Morgan fingerprint density at radius 1 is 1.04 bits per heavy atom. The van der Waals surface area contributed by atoms with Crippen molar-refractivity contribution in [2.24, 2.45) is 0 Å². The Kier molecular flexibility index (Phi) is 4.86. The lowest BCUT2D eigenvalue weighted by Crippen LogP contribution is -2.36. The molecule has 7 nitrogen and oxygen atoms in total. The van der Waals surface area contributed by atoms with Crippen LogP contribution in [0.5, 0.6) is 0 Å². The van der Waals surface area contributed by atoms with E-state index in [0.29, 0.717) is 17.8 Å². The van der Waals surface area contributed by atoms with Crippen LogP contribution in [0.2, 0.25) is 0 Å². The maximum Gasteiger partial charge on any atom is 0.276 e. The third-order valence-electron chi connectivity index (χ3n) is 4.58. The van der Waals surface area contributed by atoms with E-state index in [4.69, 9.17) is 0 Å². The van der Waals surface area contributed by atoms with Crippen molar-refractivity contribution in [3.63, 3.8) is 0 Å². The standard InChI is InChI=1S/C19H17N3O4S2/c23-18(20-12-9-10-28(25,26)11-12)13-5-1-3-7-15(13)21-19(24)17-14-6-2-4-8-16(14)27-22-17/h1-8,12H,9-11H2,(H,20,23)(H,21,24)/t12-/m0/s1. The Morgan fingerprint density at radius 3 is 2.57 bits per heavy atom. The molecule has 1 atom stereocenters. The molecule has 3 aromatic rings. The summed E-state index contributed by atoms with van der Waals surface area (Å²) in [5.41, 5.74) is 0.931. The average Bonchev–Trinajstić information content (AvgIpc) is 3.25. The summed E-state index contributed by atoms with van der Waals surface area (Å²) in [6.07, 6.45) is 0.396. The van der Waals surface area contributed by atoms with Crippen molar-refractivity contribution in [3.8, 4) is 0 Å². The number of benzene rings is 2. The number of hydrogen-bond donors (Lipinski definition) is 2. The minimum atomic E-state index is -3.09. The zero-order valence-corrected chi connectivity index (χ0v) is 16.3. The summed E-state index contributed by atoms with van der Waals surface area (Å²) >= 11 is 1.24. The first-order valence-electron chi connectivity index (χ1n) is 8.69. The Labute approximate surface area is 165 Å². The lowest BCUT2D eigenvalue weighted by Gasteiger charge is -2.14. The summed E-state index contributed by atoms with van der Waals surface area (Å²) in [7, 11) is -3.09. The second-order valence-corrected chi connectivity index (χ2v) is 9.63. The second kappa shape index (κ2) is 7.33. The van der Waals surface area contributed by atoms with E-state index in [0.717, 1.165) is 10.1 Å². The molecule has 0 unspecified atom stereocenters. The highest BCUT2D eigenvalue weighted by atomic mass is 32.2.